The van der Waals surface area contributed by atoms with Gasteiger partial charge in [-0.25, -0.2) is 19.2 Å². The largest absolute Gasteiger partial charge is 0.455 e. The number of hydrogen-bond donors (Lipinski definition) is 3. The van der Waals surface area contributed by atoms with E-state index in [1.807, 2.05) is 0 Å². The number of fused-ring (bicyclic) bond motifs is 1. The second-order valence-corrected chi connectivity index (χ2v) is 6.60. The lowest BCUT2D eigenvalue weighted by Gasteiger charge is -2.16. The van der Waals surface area contributed by atoms with E-state index >= 15 is 0 Å². The molecule has 1 aliphatic rings. The third-order valence-corrected chi connectivity index (χ3v) is 4.34. The maximum absolute atomic E-state index is 13.9. The minimum absolute atomic E-state index is 0.279. The maximum atomic E-state index is 13.9. The molecule has 2 amide bonds. The maximum Gasteiger partial charge on any atom is 0.416 e. The summed E-state index contributed by atoms with van der Waals surface area (Å²) in [5.74, 6) is 0.325. The second kappa shape index (κ2) is 8.53. The molecule has 1 aromatic heterocycles. The number of anilines is 3. The van der Waals surface area contributed by atoms with Crippen molar-refractivity contribution in [2.75, 3.05) is 22.5 Å². The second-order valence-electron chi connectivity index (χ2n) is 6.60. The fraction of sp³-hybridized carbons (Fsp3) is 0.0952. The normalized spacial score (nSPS) is 12.5. The monoisotopic (exact) mass is 445 g/mol. The summed E-state index contributed by atoms with van der Waals surface area (Å²) >= 11 is 0. The van der Waals surface area contributed by atoms with E-state index in [9.17, 15) is 22.4 Å². The van der Waals surface area contributed by atoms with Gasteiger partial charge in [0.2, 0.25) is 0 Å². The number of rotatable bonds is 4. The van der Waals surface area contributed by atoms with E-state index in [-0.39, 0.29) is 5.69 Å². The molecule has 0 unspecified atom stereocenters. The molecule has 0 spiro atoms. The van der Waals surface area contributed by atoms with Crippen molar-refractivity contribution in [3.8, 4) is 11.5 Å². The van der Waals surface area contributed by atoms with E-state index in [4.69, 9.17) is 4.74 Å². The number of nitrogens with zero attached hydrogens (tertiary/aromatic N) is 2. The summed E-state index contributed by atoms with van der Waals surface area (Å²) in [5, 5.41) is 7.63. The highest BCUT2D eigenvalue weighted by Crippen LogP contribution is 2.37. The van der Waals surface area contributed by atoms with Gasteiger partial charge in [0.05, 0.1) is 17.8 Å². The van der Waals surface area contributed by atoms with Crippen molar-refractivity contribution in [2.45, 2.75) is 6.18 Å². The number of benzene rings is 2. The Bertz CT molecular complexity index is 1200. The molecule has 0 radical (unpaired) electrons. The first kappa shape index (κ1) is 21.1. The topological polar surface area (TPSA) is 87.6 Å². The van der Waals surface area contributed by atoms with E-state index in [0.29, 0.717) is 47.7 Å². The van der Waals surface area contributed by atoms with Crippen LogP contribution >= 0.6 is 0 Å². The molecule has 0 atom stereocenters. The number of ether oxygens (including phenoxy) is 1. The summed E-state index contributed by atoms with van der Waals surface area (Å²) in [7, 11) is 0. The van der Waals surface area contributed by atoms with Crippen molar-refractivity contribution in [3.05, 3.63) is 66.1 Å². The molecule has 3 aromatic rings. The third-order valence-electron chi connectivity index (χ3n) is 4.34. The first-order valence-electron chi connectivity index (χ1n) is 9.28. The Morgan fingerprint density at radius 2 is 1.94 bits per heavy atom. The van der Waals surface area contributed by atoms with Crippen molar-refractivity contribution in [1.82, 2.24) is 4.98 Å². The molecular formula is C21H15F4N5O2. The molecule has 2 heterocycles. The smallest absolute Gasteiger partial charge is 0.416 e. The van der Waals surface area contributed by atoms with Crippen LogP contribution in [-0.4, -0.2) is 23.8 Å². The van der Waals surface area contributed by atoms with Crippen LogP contribution < -0.4 is 20.7 Å². The zero-order valence-electron chi connectivity index (χ0n) is 16.2. The zero-order chi connectivity index (χ0) is 22.7. The Morgan fingerprint density at radius 1 is 1.09 bits per heavy atom. The van der Waals surface area contributed by atoms with Crippen LogP contribution in [0, 0.1) is 5.82 Å². The number of alkyl halides is 3. The molecule has 2 aromatic carbocycles. The summed E-state index contributed by atoms with van der Waals surface area (Å²) in [6.45, 7) is 0.517. The fourth-order valence-corrected chi connectivity index (χ4v) is 2.91. The average Bonchev–Trinajstić information content (AvgIpc) is 2.75. The Labute approximate surface area is 179 Å². The zero-order valence-corrected chi connectivity index (χ0v) is 16.2. The fourth-order valence-electron chi connectivity index (χ4n) is 2.91. The van der Waals surface area contributed by atoms with E-state index in [0.717, 1.165) is 0 Å². The van der Waals surface area contributed by atoms with Gasteiger partial charge in [-0.2, -0.15) is 13.2 Å². The molecule has 4 rings (SSSR count). The van der Waals surface area contributed by atoms with Gasteiger partial charge in [-0.15, -0.1) is 0 Å². The number of halogens is 4. The Hall–Kier alpha value is -4.15. The summed E-state index contributed by atoms with van der Waals surface area (Å²) < 4.78 is 58.2. The number of amides is 2. The van der Waals surface area contributed by atoms with Crippen LogP contribution in [0.2, 0.25) is 0 Å². The summed E-state index contributed by atoms with van der Waals surface area (Å²) in [6, 6.07) is 8.78. The SMILES string of the molecule is O=C(Nc1cccc(Oc2ccnc3c2NCC=N3)c1)Nc1cc(C(F)(F)F)ccc1F. The van der Waals surface area contributed by atoms with Gasteiger partial charge in [0.25, 0.3) is 0 Å². The van der Waals surface area contributed by atoms with Crippen LogP contribution in [0.25, 0.3) is 0 Å². The number of pyridine rings is 1. The summed E-state index contributed by atoms with van der Waals surface area (Å²) in [4.78, 5) is 20.5. The Balaban J connectivity index is 1.47. The van der Waals surface area contributed by atoms with Crippen molar-refractivity contribution < 1.29 is 27.1 Å². The van der Waals surface area contributed by atoms with Crippen molar-refractivity contribution in [2.24, 2.45) is 4.99 Å². The summed E-state index contributed by atoms with van der Waals surface area (Å²) in [6.07, 6.45) is -1.45. The first-order chi connectivity index (χ1) is 15.3. The van der Waals surface area contributed by atoms with Gasteiger partial charge in [-0.05, 0) is 30.3 Å². The molecule has 3 N–H and O–H groups in total. The molecule has 1 aliphatic heterocycles. The number of carbonyl (C=O) groups is 1. The van der Waals surface area contributed by atoms with Crippen LogP contribution in [0.15, 0.2) is 59.7 Å². The number of aromatic nitrogens is 1. The number of aliphatic imine (C=N–C) groups is 1. The van der Waals surface area contributed by atoms with Crippen LogP contribution in [0.4, 0.5) is 45.2 Å². The van der Waals surface area contributed by atoms with Crippen LogP contribution in [0.1, 0.15) is 5.56 Å². The lowest BCUT2D eigenvalue weighted by atomic mass is 10.2. The van der Waals surface area contributed by atoms with Crippen LogP contribution in [-0.2, 0) is 6.18 Å². The molecule has 0 bridgehead atoms. The lowest BCUT2D eigenvalue weighted by Crippen LogP contribution is -2.20. The van der Waals surface area contributed by atoms with Gasteiger partial charge in [0.1, 0.15) is 17.3 Å². The molecule has 0 aliphatic carbocycles. The highest BCUT2D eigenvalue weighted by molar-refractivity contribution is 6.00. The molecule has 11 heteroatoms. The van der Waals surface area contributed by atoms with E-state index < -0.39 is 29.3 Å². The van der Waals surface area contributed by atoms with E-state index in [1.54, 1.807) is 30.5 Å². The predicted octanol–water partition coefficient (Wildman–Crippen LogP) is 5.80. The number of carbonyl (C=O) groups excluding carboxylic acids is 1. The van der Waals surface area contributed by atoms with Gasteiger partial charge < -0.3 is 20.7 Å². The van der Waals surface area contributed by atoms with Gasteiger partial charge in [-0.1, -0.05) is 6.07 Å². The van der Waals surface area contributed by atoms with Gasteiger partial charge in [-0.3, -0.25) is 0 Å². The molecule has 164 valence electrons. The molecule has 0 fully saturated rings. The van der Waals surface area contributed by atoms with Gasteiger partial charge in [0.15, 0.2) is 11.6 Å². The number of nitrogens with one attached hydrogen (secondary N) is 3. The quantitative estimate of drug-likeness (QED) is 0.443. The lowest BCUT2D eigenvalue weighted by molar-refractivity contribution is -0.137. The Morgan fingerprint density at radius 3 is 2.75 bits per heavy atom. The third kappa shape index (κ3) is 4.77. The number of urea groups is 1. The first-order valence-corrected chi connectivity index (χ1v) is 9.28. The minimum Gasteiger partial charge on any atom is -0.455 e. The summed E-state index contributed by atoms with van der Waals surface area (Å²) in [5.41, 5.74) is -0.782. The molecule has 0 saturated carbocycles. The molecule has 32 heavy (non-hydrogen) atoms. The Kier molecular flexibility index (Phi) is 5.63. The average molecular weight is 445 g/mol. The van der Waals surface area contributed by atoms with Gasteiger partial charge in [0, 0.05) is 30.2 Å². The minimum atomic E-state index is -4.67. The highest BCUT2D eigenvalue weighted by Gasteiger charge is 2.31. The van der Waals surface area contributed by atoms with E-state index in [2.05, 4.69) is 25.9 Å². The molecular weight excluding hydrogens is 430 g/mol. The molecule has 0 saturated heterocycles. The van der Waals surface area contributed by atoms with Crippen LogP contribution in [0.5, 0.6) is 11.5 Å². The van der Waals surface area contributed by atoms with Gasteiger partial charge >= 0.3 is 12.2 Å². The van der Waals surface area contributed by atoms with Crippen molar-refractivity contribution >= 4 is 35.1 Å². The number of hydrogen-bond acceptors (Lipinski definition) is 5. The van der Waals surface area contributed by atoms with Crippen LogP contribution in [0.3, 0.4) is 0 Å². The van der Waals surface area contributed by atoms with Crippen molar-refractivity contribution in [3.63, 3.8) is 0 Å². The molecule has 7 nitrogen and oxygen atoms in total. The van der Waals surface area contributed by atoms with E-state index in [1.165, 1.54) is 12.3 Å². The standard InChI is InChI=1S/C21H15F4N5O2/c22-15-5-4-12(21(23,24)25)10-16(15)30-20(31)29-13-2-1-3-14(11-13)32-17-6-7-27-19-18(17)26-8-9-28-19/h1-7,9-11,26H,8H2,(H2,29,30,31). The predicted molar refractivity (Wildman–Crippen MR) is 111 cm³/mol. The highest BCUT2D eigenvalue weighted by atomic mass is 19.4. The van der Waals surface area contributed by atoms with Crippen molar-refractivity contribution in [1.29, 1.82) is 0 Å².